The van der Waals surface area contributed by atoms with Gasteiger partial charge in [0.1, 0.15) is 24.4 Å². The highest BCUT2D eigenvalue weighted by Gasteiger charge is 2.48. The average molecular weight is 586 g/mol. The summed E-state index contributed by atoms with van der Waals surface area (Å²) in [7, 11) is 0. The molecule has 0 aliphatic carbocycles. The maximum absolute atomic E-state index is 12.4. The van der Waals surface area contributed by atoms with Crippen LogP contribution in [0.2, 0.25) is 0 Å². The van der Waals surface area contributed by atoms with Crippen LogP contribution in [0.5, 0.6) is 0 Å². The first-order valence-electron chi connectivity index (χ1n) is 16.5. The van der Waals surface area contributed by atoms with Gasteiger partial charge in [0.15, 0.2) is 0 Å². The van der Waals surface area contributed by atoms with Gasteiger partial charge < -0.3 is 29.4 Å². The highest BCUT2D eigenvalue weighted by molar-refractivity contribution is 5.74. The van der Waals surface area contributed by atoms with Gasteiger partial charge in [-0.2, -0.15) is 0 Å². The summed E-state index contributed by atoms with van der Waals surface area (Å²) >= 11 is 0. The molecule has 0 aromatic heterocycles. The smallest absolute Gasteiger partial charge is 0.220 e. The molecule has 2 N–H and O–H groups in total. The molecule has 4 aromatic carbocycles. The first kappa shape index (κ1) is 25.6. The zero-order valence-corrected chi connectivity index (χ0v) is 23.7. The number of benzene rings is 4. The van der Waals surface area contributed by atoms with E-state index in [1.165, 1.54) is 0 Å². The fraction of sp³-hybridized carbons (Fsp3) is 0.306. The van der Waals surface area contributed by atoms with E-state index in [4.69, 9.17) is 34.9 Å². The van der Waals surface area contributed by atoms with Crippen LogP contribution in [-0.2, 0) is 54.8 Å². The van der Waals surface area contributed by atoms with Crippen molar-refractivity contribution in [2.45, 2.75) is 63.3 Å². The summed E-state index contributed by atoms with van der Waals surface area (Å²) in [5, 5.41) is 0. The molecule has 224 valence electrons. The molecule has 43 heavy (non-hydrogen) atoms. The van der Waals surface area contributed by atoms with Crippen molar-refractivity contribution in [3.63, 3.8) is 0 Å². The summed E-state index contributed by atoms with van der Waals surface area (Å²) in [6.07, 6.45) is -5.61. The van der Waals surface area contributed by atoms with Crippen molar-refractivity contribution in [3.05, 3.63) is 144 Å². The standard InChI is InChI=1S/C36H39NO6/c37-33(38)21-31-34(40-23-28-15-7-2-8-16-28)36(42-25-30-19-11-4-12-20-30)35(41-24-29-17-9-3-10-18-29)32(43-31)26-39-22-27-13-5-1-6-14-27/h1-20,31-32,34-36H,21-26H2,(H2,37,38)/t31?,32-,34-,35-,36-/m1/s1/i22D,23D,24D,25D/t22?,23?,24?,25?,31?,32-,34-,35-,36-. The second-order valence-electron chi connectivity index (χ2n) is 10.1. The van der Waals surface area contributed by atoms with Gasteiger partial charge in [0.2, 0.25) is 5.91 Å². The van der Waals surface area contributed by atoms with E-state index < -0.39 is 62.8 Å². The van der Waals surface area contributed by atoms with Gasteiger partial charge in [-0.3, -0.25) is 4.79 Å². The maximum Gasteiger partial charge on any atom is 0.220 e. The minimum Gasteiger partial charge on any atom is -0.374 e. The second-order valence-corrected chi connectivity index (χ2v) is 10.1. The van der Waals surface area contributed by atoms with E-state index in [1.807, 2.05) is 36.4 Å². The van der Waals surface area contributed by atoms with Crippen LogP contribution in [0.4, 0.5) is 0 Å². The van der Waals surface area contributed by atoms with Crippen molar-refractivity contribution < 1.29 is 34.0 Å². The fourth-order valence-corrected chi connectivity index (χ4v) is 4.81. The van der Waals surface area contributed by atoms with Crippen LogP contribution < -0.4 is 5.73 Å². The van der Waals surface area contributed by atoms with E-state index in [1.54, 1.807) is 84.9 Å². The number of primary amides is 1. The van der Waals surface area contributed by atoms with E-state index >= 15 is 0 Å². The van der Waals surface area contributed by atoms with E-state index in [9.17, 15) is 4.79 Å². The number of rotatable bonds is 15. The molecule has 4 aromatic rings. The zero-order valence-electron chi connectivity index (χ0n) is 27.7. The summed E-state index contributed by atoms with van der Waals surface area (Å²) in [6, 6.07) is 35.8. The van der Waals surface area contributed by atoms with Gasteiger partial charge in [-0.25, -0.2) is 0 Å². The Morgan fingerprint density at radius 1 is 0.581 bits per heavy atom. The third kappa shape index (κ3) is 9.32. The minimum atomic E-state index is -1.22. The van der Waals surface area contributed by atoms with E-state index in [2.05, 4.69) is 0 Å². The Bertz CT molecular complexity index is 1510. The largest absolute Gasteiger partial charge is 0.374 e. The van der Waals surface area contributed by atoms with E-state index in [-0.39, 0.29) is 13.0 Å². The molecule has 1 heterocycles. The van der Waals surface area contributed by atoms with Gasteiger partial charge in [0.25, 0.3) is 0 Å². The molecule has 0 saturated carbocycles. The average Bonchev–Trinajstić information content (AvgIpc) is 3.10. The summed E-state index contributed by atoms with van der Waals surface area (Å²) in [5.74, 6) is -0.668. The SMILES string of the molecule is [2H]C(OC[C@H]1OC(CC(N)=O)[C@@H](OC([2H])c2ccccc2)[C@@H](OC([2H])c2ccccc2)[C@@H]1OC([2H])c1ccccc1)c1ccccc1. The third-order valence-corrected chi connectivity index (χ3v) is 6.89. The van der Waals surface area contributed by atoms with Crippen molar-refractivity contribution in [1.82, 2.24) is 0 Å². The van der Waals surface area contributed by atoms with Gasteiger partial charge in [-0.15, -0.1) is 0 Å². The highest BCUT2D eigenvalue weighted by Crippen LogP contribution is 2.32. The molecule has 7 nitrogen and oxygen atoms in total. The number of amides is 1. The van der Waals surface area contributed by atoms with Crippen LogP contribution >= 0.6 is 0 Å². The highest BCUT2D eigenvalue weighted by atomic mass is 16.6. The Balaban J connectivity index is 1.52. The Kier molecular flexibility index (Phi) is 9.61. The fourth-order valence-electron chi connectivity index (χ4n) is 4.81. The molecule has 1 saturated heterocycles. The van der Waals surface area contributed by atoms with Crippen molar-refractivity contribution in [2.75, 3.05) is 6.61 Å². The van der Waals surface area contributed by atoms with Crippen molar-refractivity contribution in [3.8, 4) is 0 Å². The van der Waals surface area contributed by atoms with Gasteiger partial charge in [0.05, 0.1) is 50.9 Å². The van der Waals surface area contributed by atoms with Crippen molar-refractivity contribution >= 4 is 5.91 Å². The topological polar surface area (TPSA) is 89.2 Å². The summed E-state index contributed by atoms with van der Waals surface area (Å²) in [6.45, 7) is -4.86. The molecule has 9 atom stereocenters. The molecule has 1 amide bonds. The monoisotopic (exact) mass is 585 g/mol. The first-order chi connectivity index (χ1) is 22.8. The Morgan fingerprint density at radius 3 is 1.37 bits per heavy atom. The molecular formula is C36H39NO6. The third-order valence-electron chi connectivity index (χ3n) is 6.89. The summed E-state index contributed by atoms with van der Waals surface area (Å²) in [5.41, 5.74) is 7.99. The number of hydrogen-bond donors (Lipinski definition) is 1. The number of hydrogen-bond acceptors (Lipinski definition) is 6. The molecule has 1 aliphatic rings. The van der Waals surface area contributed by atoms with Gasteiger partial charge in [0, 0.05) is 0 Å². The quantitative estimate of drug-likeness (QED) is 0.195. The maximum atomic E-state index is 12.4. The van der Waals surface area contributed by atoms with Gasteiger partial charge >= 0.3 is 0 Å². The molecule has 0 spiro atoms. The van der Waals surface area contributed by atoms with E-state index in [0.717, 1.165) is 0 Å². The number of carbonyl (C=O) groups excluding carboxylic acids is 1. The van der Waals surface area contributed by atoms with Crippen LogP contribution in [0.15, 0.2) is 121 Å². The predicted octanol–water partition coefficient (Wildman–Crippen LogP) is 5.60. The summed E-state index contributed by atoms with van der Waals surface area (Å²) < 4.78 is 66.9. The lowest BCUT2D eigenvalue weighted by molar-refractivity contribution is -0.272. The Labute approximate surface area is 259 Å². The molecule has 0 radical (unpaired) electrons. The first-order valence-corrected chi connectivity index (χ1v) is 14.2. The van der Waals surface area contributed by atoms with Gasteiger partial charge in [-0.05, 0) is 22.3 Å². The molecular weight excluding hydrogens is 542 g/mol. The molecule has 5 unspecified atom stereocenters. The summed E-state index contributed by atoms with van der Waals surface area (Å²) in [4.78, 5) is 12.4. The van der Waals surface area contributed by atoms with Crippen molar-refractivity contribution in [1.29, 1.82) is 0 Å². The van der Waals surface area contributed by atoms with E-state index in [0.29, 0.717) is 22.3 Å². The molecule has 7 heteroatoms. The molecule has 1 aliphatic heterocycles. The molecule has 0 bridgehead atoms. The zero-order chi connectivity index (χ0) is 33.2. The molecule has 1 fully saturated rings. The minimum absolute atomic E-state index is 0.173. The lowest BCUT2D eigenvalue weighted by Gasteiger charge is -2.46. The van der Waals surface area contributed by atoms with Gasteiger partial charge in [-0.1, -0.05) is 121 Å². The van der Waals surface area contributed by atoms with Crippen LogP contribution in [-0.4, -0.2) is 43.0 Å². The lowest BCUT2D eigenvalue weighted by Crippen LogP contribution is -2.61. The molecule has 5 rings (SSSR count). The number of ether oxygens (including phenoxy) is 5. The second kappa shape index (κ2) is 16.1. The van der Waals surface area contributed by atoms with Crippen LogP contribution in [0, 0.1) is 0 Å². The van der Waals surface area contributed by atoms with Crippen LogP contribution in [0.1, 0.15) is 34.2 Å². The number of carbonyl (C=O) groups is 1. The van der Waals surface area contributed by atoms with Crippen LogP contribution in [0.25, 0.3) is 0 Å². The lowest BCUT2D eigenvalue weighted by atomic mass is 9.92. The van der Waals surface area contributed by atoms with Crippen molar-refractivity contribution in [2.24, 2.45) is 5.73 Å². The predicted molar refractivity (Wildman–Crippen MR) is 164 cm³/mol. The normalized spacial score (nSPS) is 26.1. The Hall–Kier alpha value is -3.85. The van der Waals surface area contributed by atoms with Crippen LogP contribution in [0.3, 0.4) is 0 Å². The Morgan fingerprint density at radius 2 is 0.953 bits per heavy atom. The number of nitrogens with two attached hydrogens (primary N) is 1.